The van der Waals surface area contributed by atoms with Gasteiger partial charge in [-0.3, -0.25) is 14.6 Å². The molecule has 9 nitrogen and oxygen atoms in total. The SMILES string of the molecule is CCOC(=O)C1=C(CN2CCCN(C(=O)c3ccc(Cl)cc3)CC2)N(CC)C(=O)NC1c1ccccc1OC. The molecule has 208 valence electrons. The first-order chi connectivity index (χ1) is 18.9. The minimum absolute atomic E-state index is 0.0385. The molecule has 4 rings (SSSR count). The fourth-order valence-electron chi connectivity index (χ4n) is 5.11. The van der Waals surface area contributed by atoms with Gasteiger partial charge in [-0.15, -0.1) is 0 Å². The van der Waals surface area contributed by atoms with Crippen LogP contribution in [0.2, 0.25) is 5.02 Å². The molecular formula is C29H35ClN4O5. The van der Waals surface area contributed by atoms with Crippen molar-refractivity contribution < 1.29 is 23.9 Å². The number of carbonyl (C=O) groups excluding carboxylic acids is 3. The number of benzene rings is 2. The maximum absolute atomic E-state index is 13.4. The highest BCUT2D eigenvalue weighted by atomic mass is 35.5. The molecule has 2 aromatic carbocycles. The van der Waals surface area contributed by atoms with E-state index in [2.05, 4.69) is 10.2 Å². The van der Waals surface area contributed by atoms with Gasteiger partial charge in [-0.1, -0.05) is 29.8 Å². The Bertz CT molecular complexity index is 1230. The van der Waals surface area contributed by atoms with Crippen molar-refractivity contribution in [3.05, 3.63) is 76.0 Å². The van der Waals surface area contributed by atoms with Gasteiger partial charge in [0.2, 0.25) is 0 Å². The number of nitrogens with zero attached hydrogens (tertiary/aromatic N) is 3. The number of ether oxygens (including phenoxy) is 2. The molecule has 0 spiro atoms. The summed E-state index contributed by atoms with van der Waals surface area (Å²) in [6, 6.07) is 13.2. The quantitative estimate of drug-likeness (QED) is 0.494. The summed E-state index contributed by atoms with van der Waals surface area (Å²) in [6.45, 7) is 7.04. The van der Waals surface area contributed by atoms with Crippen molar-refractivity contribution >= 4 is 29.5 Å². The zero-order chi connectivity index (χ0) is 27.9. The summed E-state index contributed by atoms with van der Waals surface area (Å²) in [5, 5.41) is 3.57. The molecule has 39 heavy (non-hydrogen) atoms. The third kappa shape index (κ3) is 6.37. The summed E-state index contributed by atoms with van der Waals surface area (Å²) in [4.78, 5) is 45.4. The van der Waals surface area contributed by atoms with Crippen LogP contribution in [0.1, 0.15) is 42.2 Å². The van der Waals surface area contributed by atoms with E-state index < -0.39 is 12.0 Å². The Morgan fingerprint density at radius 1 is 1.03 bits per heavy atom. The maximum Gasteiger partial charge on any atom is 0.338 e. The van der Waals surface area contributed by atoms with Gasteiger partial charge in [0.15, 0.2) is 0 Å². The van der Waals surface area contributed by atoms with Crippen molar-refractivity contribution in [2.45, 2.75) is 26.3 Å². The van der Waals surface area contributed by atoms with Gasteiger partial charge in [-0.2, -0.15) is 0 Å². The van der Waals surface area contributed by atoms with Crippen molar-refractivity contribution in [3.63, 3.8) is 0 Å². The number of hydrogen-bond acceptors (Lipinski definition) is 6. The van der Waals surface area contributed by atoms with Gasteiger partial charge in [0.25, 0.3) is 5.91 Å². The molecule has 1 N–H and O–H groups in total. The second-order valence-electron chi connectivity index (χ2n) is 9.38. The van der Waals surface area contributed by atoms with E-state index in [-0.39, 0.29) is 18.5 Å². The van der Waals surface area contributed by atoms with Gasteiger partial charge in [-0.05, 0) is 50.6 Å². The van der Waals surface area contributed by atoms with Gasteiger partial charge < -0.3 is 19.7 Å². The molecule has 2 aliphatic rings. The number of likely N-dealkylation sites (N-methyl/N-ethyl adjacent to an activating group) is 1. The molecule has 1 saturated heterocycles. The Hall–Kier alpha value is -3.56. The Kier molecular flexibility index (Phi) is 9.48. The van der Waals surface area contributed by atoms with E-state index in [0.29, 0.717) is 72.4 Å². The number of halogens is 1. The van der Waals surface area contributed by atoms with Crippen LogP contribution in [0, 0.1) is 0 Å². The summed E-state index contributed by atoms with van der Waals surface area (Å²) in [7, 11) is 1.56. The predicted molar refractivity (Wildman–Crippen MR) is 149 cm³/mol. The highest BCUT2D eigenvalue weighted by molar-refractivity contribution is 6.30. The molecule has 2 aliphatic heterocycles. The van der Waals surface area contributed by atoms with E-state index in [1.807, 2.05) is 30.0 Å². The summed E-state index contributed by atoms with van der Waals surface area (Å²) >= 11 is 5.99. The lowest BCUT2D eigenvalue weighted by molar-refractivity contribution is -0.139. The van der Waals surface area contributed by atoms with Crippen LogP contribution in [-0.2, 0) is 9.53 Å². The number of rotatable bonds is 8. The molecular weight excluding hydrogens is 520 g/mol. The van der Waals surface area contributed by atoms with Crippen molar-refractivity contribution in [2.75, 3.05) is 53.0 Å². The normalized spacial score (nSPS) is 18.5. The number of urea groups is 1. The number of carbonyl (C=O) groups is 3. The van der Waals surface area contributed by atoms with E-state index in [1.54, 1.807) is 49.3 Å². The Morgan fingerprint density at radius 3 is 2.46 bits per heavy atom. The van der Waals surface area contributed by atoms with E-state index >= 15 is 0 Å². The van der Waals surface area contributed by atoms with Crippen LogP contribution in [0.3, 0.4) is 0 Å². The summed E-state index contributed by atoms with van der Waals surface area (Å²) in [5.41, 5.74) is 2.27. The zero-order valence-electron chi connectivity index (χ0n) is 22.6. The molecule has 0 saturated carbocycles. The number of methoxy groups -OCH3 is 1. The van der Waals surface area contributed by atoms with Crippen molar-refractivity contribution in [1.29, 1.82) is 0 Å². The Labute approximate surface area is 234 Å². The molecule has 2 aromatic rings. The smallest absolute Gasteiger partial charge is 0.338 e. The lowest BCUT2D eigenvalue weighted by Crippen LogP contribution is -2.51. The molecule has 10 heteroatoms. The minimum atomic E-state index is -0.722. The second-order valence-corrected chi connectivity index (χ2v) is 9.81. The summed E-state index contributed by atoms with van der Waals surface area (Å²) in [5.74, 6) is 0.0552. The van der Waals surface area contributed by atoms with E-state index in [4.69, 9.17) is 21.1 Å². The van der Waals surface area contributed by atoms with Gasteiger partial charge in [-0.25, -0.2) is 9.59 Å². The molecule has 2 heterocycles. The summed E-state index contributed by atoms with van der Waals surface area (Å²) < 4.78 is 11.0. The van der Waals surface area contributed by atoms with Crippen LogP contribution in [0.4, 0.5) is 4.79 Å². The molecule has 0 bridgehead atoms. The lowest BCUT2D eigenvalue weighted by Gasteiger charge is -2.38. The number of amides is 3. The van der Waals surface area contributed by atoms with Gasteiger partial charge in [0, 0.05) is 61.1 Å². The van der Waals surface area contributed by atoms with E-state index in [0.717, 1.165) is 6.42 Å². The third-order valence-corrected chi connectivity index (χ3v) is 7.29. The number of hydrogen-bond donors (Lipinski definition) is 1. The highest BCUT2D eigenvalue weighted by Gasteiger charge is 2.39. The summed E-state index contributed by atoms with van der Waals surface area (Å²) in [6.07, 6.45) is 0.760. The topological polar surface area (TPSA) is 91.4 Å². The molecule has 0 aliphatic carbocycles. The zero-order valence-corrected chi connectivity index (χ0v) is 23.4. The molecule has 0 radical (unpaired) electrons. The van der Waals surface area contributed by atoms with Crippen molar-refractivity contribution in [1.82, 2.24) is 20.0 Å². The van der Waals surface area contributed by atoms with Crippen LogP contribution >= 0.6 is 11.6 Å². The Morgan fingerprint density at radius 2 is 1.77 bits per heavy atom. The van der Waals surface area contributed by atoms with E-state index in [1.165, 1.54) is 0 Å². The monoisotopic (exact) mass is 554 g/mol. The number of esters is 1. The van der Waals surface area contributed by atoms with Crippen LogP contribution in [0.15, 0.2) is 59.8 Å². The molecule has 3 amide bonds. The molecule has 1 unspecified atom stereocenters. The first kappa shape index (κ1) is 28.4. The van der Waals surface area contributed by atoms with Crippen LogP contribution < -0.4 is 10.1 Å². The number of nitrogens with one attached hydrogen (secondary N) is 1. The van der Waals surface area contributed by atoms with Crippen molar-refractivity contribution in [3.8, 4) is 5.75 Å². The third-order valence-electron chi connectivity index (χ3n) is 7.04. The van der Waals surface area contributed by atoms with Crippen LogP contribution in [-0.4, -0.2) is 85.6 Å². The lowest BCUT2D eigenvalue weighted by atomic mass is 9.93. The standard InChI is InChI=1S/C29H35ClN4O5/c1-4-34-23(19-32-15-8-16-33(18-17-32)27(35)20-11-13-21(30)14-12-20)25(28(36)39-5-2)26(31-29(34)37)22-9-6-7-10-24(22)38-3/h6-7,9-14,26H,4-5,8,15-19H2,1-3H3,(H,31,37). The average Bonchev–Trinajstić information content (AvgIpc) is 3.18. The first-order valence-corrected chi connectivity index (χ1v) is 13.6. The highest BCUT2D eigenvalue weighted by Crippen LogP contribution is 2.36. The van der Waals surface area contributed by atoms with E-state index in [9.17, 15) is 14.4 Å². The predicted octanol–water partition coefficient (Wildman–Crippen LogP) is 4.10. The molecule has 1 fully saturated rings. The first-order valence-electron chi connectivity index (χ1n) is 13.3. The molecule has 0 aromatic heterocycles. The van der Waals surface area contributed by atoms with Crippen LogP contribution in [0.5, 0.6) is 5.75 Å². The second kappa shape index (κ2) is 13.0. The Balaban J connectivity index is 1.64. The van der Waals surface area contributed by atoms with Gasteiger partial charge in [0.05, 0.1) is 25.3 Å². The largest absolute Gasteiger partial charge is 0.496 e. The minimum Gasteiger partial charge on any atom is -0.496 e. The number of para-hydroxylation sites is 1. The average molecular weight is 555 g/mol. The van der Waals surface area contributed by atoms with Gasteiger partial charge in [0.1, 0.15) is 5.75 Å². The molecule has 1 atom stereocenters. The fraction of sp³-hybridized carbons (Fsp3) is 0.414. The van der Waals surface area contributed by atoms with Crippen molar-refractivity contribution in [2.24, 2.45) is 0 Å². The fourth-order valence-corrected chi connectivity index (χ4v) is 5.24. The maximum atomic E-state index is 13.4. The van der Waals surface area contributed by atoms with Gasteiger partial charge >= 0.3 is 12.0 Å². The van der Waals surface area contributed by atoms with Crippen LogP contribution in [0.25, 0.3) is 0 Å².